The molecule has 4 heteroatoms. The van der Waals surface area contributed by atoms with Crippen LogP contribution in [0.2, 0.25) is 0 Å². The second kappa shape index (κ2) is 5.26. The van der Waals surface area contributed by atoms with Crippen LogP contribution in [-0.2, 0) is 13.5 Å². The van der Waals surface area contributed by atoms with E-state index in [0.29, 0.717) is 12.0 Å². The van der Waals surface area contributed by atoms with E-state index >= 15 is 0 Å². The summed E-state index contributed by atoms with van der Waals surface area (Å²) in [5.74, 6) is 2.41. The first-order chi connectivity index (χ1) is 7.00. The minimum absolute atomic E-state index is 0.406. The van der Waals surface area contributed by atoms with Crippen LogP contribution in [0.5, 0.6) is 0 Å². The molecule has 1 rings (SSSR count). The molecule has 0 fully saturated rings. The van der Waals surface area contributed by atoms with Gasteiger partial charge in [-0.3, -0.25) is 4.68 Å². The normalized spacial score (nSPS) is 11.7. The molecule has 15 heavy (non-hydrogen) atoms. The van der Waals surface area contributed by atoms with Gasteiger partial charge in [-0.25, -0.2) is 4.98 Å². The molecule has 0 saturated carbocycles. The molecule has 1 N–H and O–H groups in total. The van der Waals surface area contributed by atoms with Gasteiger partial charge < -0.3 is 5.32 Å². The lowest BCUT2D eigenvalue weighted by atomic mass is 10.2. The fourth-order valence-electron chi connectivity index (χ4n) is 1.37. The first-order valence-electron chi connectivity index (χ1n) is 5.64. The Morgan fingerprint density at radius 3 is 2.40 bits per heavy atom. The van der Waals surface area contributed by atoms with Gasteiger partial charge in [-0.05, 0) is 0 Å². The number of hydrogen-bond donors (Lipinski definition) is 1. The first-order valence-corrected chi connectivity index (χ1v) is 5.64. The highest BCUT2D eigenvalue weighted by molar-refractivity contribution is 4.97. The van der Waals surface area contributed by atoms with Crippen molar-refractivity contribution in [2.75, 3.05) is 6.54 Å². The van der Waals surface area contributed by atoms with Crippen LogP contribution in [0.4, 0.5) is 0 Å². The lowest BCUT2D eigenvalue weighted by molar-refractivity contribution is 0.571. The van der Waals surface area contributed by atoms with Crippen LogP contribution in [0.3, 0.4) is 0 Å². The Kier molecular flexibility index (Phi) is 4.27. The van der Waals surface area contributed by atoms with Crippen molar-refractivity contribution in [2.45, 2.75) is 46.1 Å². The van der Waals surface area contributed by atoms with E-state index in [1.165, 1.54) is 0 Å². The number of rotatable bonds is 5. The van der Waals surface area contributed by atoms with Crippen LogP contribution < -0.4 is 5.32 Å². The van der Waals surface area contributed by atoms with E-state index in [-0.39, 0.29) is 0 Å². The van der Waals surface area contributed by atoms with Gasteiger partial charge in [-0.1, -0.05) is 27.7 Å². The summed E-state index contributed by atoms with van der Waals surface area (Å²) in [6.45, 7) is 9.49. The summed E-state index contributed by atoms with van der Waals surface area (Å²) in [5.41, 5.74) is 0. The van der Waals surface area contributed by atoms with Gasteiger partial charge in [0.2, 0.25) is 0 Å². The number of aromatic nitrogens is 3. The predicted molar refractivity (Wildman–Crippen MR) is 61.9 cm³/mol. The third-order valence-corrected chi connectivity index (χ3v) is 2.29. The molecule has 0 saturated heterocycles. The lowest BCUT2D eigenvalue weighted by Gasteiger charge is -2.06. The van der Waals surface area contributed by atoms with Crippen LogP contribution in [0.1, 0.15) is 45.3 Å². The molecule has 0 aliphatic carbocycles. The molecule has 0 aromatic carbocycles. The summed E-state index contributed by atoms with van der Waals surface area (Å²) in [5, 5.41) is 7.76. The van der Waals surface area contributed by atoms with Gasteiger partial charge >= 0.3 is 0 Å². The molecule has 0 bridgehead atoms. The average Bonchev–Trinajstić information content (AvgIpc) is 2.47. The molecule has 0 radical (unpaired) electrons. The molecule has 0 amide bonds. The van der Waals surface area contributed by atoms with Crippen molar-refractivity contribution in [1.29, 1.82) is 0 Å². The molecular formula is C11H22N4. The van der Waals surface area contributed by atoms with Gasteiger partial charge in [0.25, 0.3) is 0 Å². The summed E-state index contributed by atoms with van der Waals surface area (Å²) in [4.78, 5) is 4.52. The zero-order valence-corrected chi connectivity index (χ0v) is 10.4. The summed E-state index contributed by atoms with van der Waals surface area (Å²) in [6, 6.07) is 0.530. The SMILES string of the molecule is CC(C)NCCc1nc(C(C)C)nn1C. The van der Waals surface area contributed by atoms with Crippen molar-refractivity contribution >= 4 is 0 Å². The van der Waals surface area contributed by atoms with Crippen molar-refractivity contribution in [1.82, 2.24) is 20.1 Å². The van der Waals surface area contributed by atoms with Crippen LogP contribution in [-0.4, -0.2) is 27.4 Å². The van der Waals surface area contributed by atoms with Crippen molar-refractivity contribution in [2.24, 2.45) is 7.05 Å². The zero-order valence-electron chi connectivity index (χ0n) is 10.4. The van der Waals surface area contributed by atoms with E-state index in [0.717, 1.165) is 24.6 Å². The Morgan fingerprint density at radius 2 is 1.93 bits per heavy atom. The Hall–Kier alpha value is -0.900. The smallest absolute Gasteiger partial charge is 0.153 e. The van der Waals surface area contributed by atoms with Gasteiger partial charge in [0.1, 0.15) is 5.82 Å². The Labute approximate surface area is 92.1 Å². The van der Waals surface area contributed by atoms with Gasteiger partial charge in [0, 0.05) is 32.0 Å². The fourth-order valence-corrected chi connectivity index (χ4v) is 1.37. The van der Waals surface area contributed by atoms with Crippen LogP contribution in [0, 0.1) is 0 Å². The molecular weight excluding hydrogens is 188 g/mol. The molecule has 0 aliphatic rings. The van der Waals surface area contributed by atoms with Gasteiger partial charge in [-0.2, -0.15) is 5.10 Å². The minimum atomic E-state index is 0.406. The van der Waals surface area contributed by atoms with Crippen LogP contribution >= 0.6 is 0 Å². The van der Waals surface area contributed by atoms with E-state index in [1.807, 2.05) is 11.7 Å². The van der Waals surface area contributed by atoms with E-state index in [4.69, 9.17) is 0 Å². The number of nitrogens with one attached hydrogen (secondary N) is 1. The number of hydrogen-bond acceptors (Lipinski definition) is 3. The predicted octanol–water partition coefficient (Wildman–Crippen LogP) is 1.48. The Morgan fingerprint density at radius 1 is 1.27 bits per heavy atom. The lowest BCUT2D eigenvalue weighted by Crippen LogP contribution is -2.25. The highest BCUT2D eigenvalue weighted by atomic mass is 15.3. The van der Waals surface area contributed by atoms with Crippen LogP contribution in [0.15, 0.2) is 0 Å². The Balaban J connectivity index is 2.53. The highest BCUT2D eigenvalue weighted by Gasteiger charge is 2.09. The van der Waals surface area contributed by atoms with E-state index < -0.39 is 0 Å². The fraction of sp³-hybridized carbons (Fsp3) is 0.818. The standard InChI is InChI=1S/C11H22N4/c1-8(2)11-13-10(15(5)14-11)6-7-12-9(3)4/h8-9,12H,6-7H2,1-5H3. The van der Waals surface area contributed by atoms with E-state index in [1.54, 1.807) is 0 Å². The molecule has 4 nitrogen and oxygen atoms in total. The van der Waals surface area contributed by atoms with Gasteiger partial charge in [-0.15, -0.1) is 0 Å². The maximum atomic E-state index is 4.52. The summed E-state index contributed by atoms with van der Waals surface area (Å²) in [6.07, 6.45) is 0.939. The molecule has 1 aromatic heterocycles. The monoisotopic (exact) mass is 210 g/mol. The van der Waals surface area contributed by atoms with Crippen molar-refractivity contribution in [3.05, 3.63) is 11.6 Å². The second-order valence-corrected chi connectivity index (χ2v) is 4.52. The second-order valence-electron chi connectivity index (χ2n) is 4.52. The summed E-state index contributed by atoms with van der Waals surface area (Å²) < 4.78 is 1.89. The molecule has 86 valence electrons. The third-order valence-electron chi connectivity index (χ3n) is 2.29. The van der Waals surface area contributed by atoms with Crippen molar-refractivity contribution < 1.29 is 0 Å². The molecule has 1 aromatic rings. The molecule has 0 atom stereocenters. The topological polar surface area (TPSA) is 42.7 Å². The number of aryl methyl sites for hydroxylation is 1. The zero-order chi connectivity index (χ0) is 11.4. The highest BCUT2D eigenvalue weighted by Crippen LogP contribution is 2.09. The average molecular weight is 210 g/mol. The summed E-state index contributed by atoms with van der Waals surface area (Å²) >= 11 is 0. The van der Waals surface area contributed by atoms with Gasteiger partial charge in [0.05, 0.1) is 0 Å². The van der Waals surface area contributed by atoms with Crippen molar-refractivity contribution in [3.8, 4) is 0 Å². The quantitative estimate of drug-likeness (QED) is 0.800. The van der Waals surface area contributed by atoms with E-state index in [9.17, 15) is 0 Å². The van der Waals surface area contributed by atoms with Gasteiger partial charge in [0.15, 0.2) is 5.82 Å². The third kappa shape index (κ3) is 3.63. The maximum absolute atomic E-state index is 4.52. The van der Waals surface area contributed by atoms with Crippen molar-refractivity contribution in [3.63, 3.8) is 0 Å². The number of nitrogens with zero attached hydrogens (tertiary/aromatic N) is 3. The molecule has 0 spiro atoms. The van der Waals surface area contributed by atoms with Crippen LogP contribution in [0.25, 0.3) is 0 Å². The largest absolute Gasteiger partial charge is 0.314 e. The maximum Gasteiger partial charge on any atom is 0.153 e. The molecule has 0 unspecified atom stereocenters. The molecule has 0 aliphatic heterocycles. The molecule has 1 heterocycles. The minimum Gasteiger partial charge on any atom is -0.314 e. The summed E-state index contributed by atoms with van der Waals surface area (Å²) in [7, 11) is 1.96. The first kappa shape index (κ1) is 12.2. The Bertz CT molecular complexity index is 302. The van der Waals surface area contributed by atoms with E-state index in [2.05, 4.69) is 43.1 Å².